The van der Waals surface area contributed by atoms with Gasteiger partial charge in [0.1, 0.15) is 11.5 Å². The molecule has 0 aliphatic carbocycles. The number of esters is 1. The summed E-state index contributed by atoms with van der Waals surface area (Å²) in [6.07, 6.45) is 0. The molecule has 0 amide bonds. The first kappa shape index (κ1) is 15.0. The molecule has 0 bridgehead atoms. The van der Waals surface area contributed by atoms with Crippen LogP contribution in [0.1, 0.15) is 31.1 Å². The molecule has 0 unspecified atom stereocenters. The highest BCUT2D eigenvalue weighted by atomic mass is 16.6. The van der Waals surface area contributed by atoms with Crippen LogP contribution < -0.4 is 9.47 Å². The molecular weight excluding hydrogens is 248 g/mol. The summed E-state index contributed by atoms with van der Waals surface area (Å²) >= 11 is 0. The van der Waals surface area contributed by atoms with E-state index in [1.807, 2.05) is 0 Å². The largest absolute Gasteiger partial charge is 0.497 e. The molecule has 104 valence electrons. The number of carbonyl (C=O) groups excluding carboxylic acids is 2. The Morgan fingerprint density at radius 2 is 1.74 bits per heavy atom. The van der Waals surface area contributed by atoms with Gasteiger partial charge < -0.3 is 14.2 Å². The fraction of sp³-hybridized carbons (Fsp3) is 0.429. The van der Waals surface area contributed by atoms with Crippen molar-refractivity contribution in [3.8, 4) is 11.5 Å². The molecule has 5 heteroatoms. The number of benzene rings is 1. The minimum Gasteiger partial charge on any atom is -0.497 e. The van der Waals surface area contributed by atoms with E-state index in [9.17, 15) is 9.59 Å². The number of hydrogen-bond acceptors (Lipinski definition) is 5. The summed E-state index contributed by atoms with van der Waals surface area (Å²) < 4.78 is 15.3. The Kier molecular flexibility index (Phi) is 4.53. The van der Waals surface area contributed by atoms with Crippen molar-refractivity contribution >= 4 is 11.8 Å². The lowest BCUT2D eigenvalue weighted by molar-refractivity contribution is -0.149. The highest BCUT2D eigenvalue weighted by Gasteiger charge is 2.34. The SMILES string of the molecule is COc1ccc(OC)c(C(=O)C(C)(C)OC(C)=O)c1. The van der Waals surface area contributed by atoms with E-state index in [1.165, 1.54) is 35.0 Å². The second-order valence-corrected chi connectivity index (χ2v) is 4.50. The van der Waals surface area contributed by atoms with Gasteiger partial charge in [-0.25, -0.2) is 0 Å². The Hall–Kier alpha value is -2.04. The zero-order valence-corrected chi connectivity index (χ0v) is 11.8. The van der Waals surface area contributed by atoms with Crippen molar-refractivity contribution in [3.05, 3.63) is 23.8 Å². The Morgan fingerprint density at radius 1 is 1.11 bits per heavy atom. The van der Waals surface area contributed by atoms with Gasteiger partial charge in [0.05, 0.1) is 19.8 Å². The maximum absolute atomic E-state index is 12.4. The monoisotopic (exact) mass is 266 g/mol. The lowest BCUT2D eigenvalue weighted by atomic mass is 9.95. The van der Waals surface area contributed by atoms with Gasteiger partial charge in [0.2, 0.25) is 5.78 Å². The lowest BCUT2D eigenvalue weighted by Crippen LogP contribution is -2.36. The van der Waals surface area contributed by atoms with E-state index < -0.39 is 11.6 Å². The third-order valence-electron chi connectivity index (χ3n) is 2.60. The van der Waals surface area contributed by atoms with E-state index in [-0.39, 0.29) is 5.78 Å². The van der Waals surface area contributed by atoms with Crippen LogP contribution in [0.3, 0.4) is 0 Å². The average molecular weight is 266 g/mol. The van der Waals surface area contributed by atoms with Crippen LogP contribution in [0, 0.1) is 0 Å². The van der Waals surface area contributed by atoms with Crippen molar-refractivity contribution in [2.75, 3.05) is 14.2 Å². The van der Waals surface area contributed by atoms with Crippen LogP contribution in [0.15, 0.2) is 18.2 Å². The molecule has 0 saturated heterocycles. The van der Waals surface area contributed by atoms with Crippen LogP contribution in [0.5, 0.6) is 11.5 Å². The van der Waals surface area contributed by atoms with Gasteiger partial charge in [0, 0.05) is 6.92 Å². The van der Waals surface area contributed by atoms with Crippen LogP contribution in [0.25, 0.3) is 0 Å². The molecule has 0 aliphatic rings. The summed E-state index contributed by atoms with van der Waals surface area (Å²) in [6, 6.07) is 4.89. The standard InChI is InChI=1S/C14H18O5/c1-9(15)19-14(2,3)13(16)11-8-10(17-4)6-7-12(11)18-5/h6-8H,1-5H3. The van der Waals surface area contributed by atoms with Crippen LogP contribution in [0.2, 0.25) is 0 Å². The van der Waals surface area contributed by atoms with E-state index >= 15 is 0 Å². The Morgan fingerprint density at radius 3 is 2.21 bits per heavy atom. The highest BCUT2D eigenvalue weighted by molar-refractivity contribution is 6.05. The predicted octanol–water partition coefficient (Wildman–Crippen LogP) is 2.23. The molecule has 0 N–H and O–H groups in total. The first-order valence-electron chi connectivity index (χ1n) is 5.78. The molecule has 0 radical (unpaired) electrons. The van der Waals surface area contributed by atoms with Gasteiger partial charge in [0.15, 0.2) is 5.60 Å². The Bertz CT molecular complexity index is 491. The van der Waals surface area contributed by atoms with Gasteiger partial charge in [-0.15, -0.1) is 0 Å². The van der Waals surface area contributed by atoms with E-state index in [0.717, 1.165) is 0 Å². The minimum atomic E-state index is -1.26. The third kappa shape index (κ3) is 3.47. The van der Waals surface area contributed by atoms with E-state index in [4.69, 9.17) is 14.2 Å². The third-order valence-corrected chi connectivity index (χ3v) is 2.60. The quantitative estimate of drug-likeness (QED) is 0.604. The van der Waals surface area contributed by atoms with Gasteiger partial charge in [-0.1, -0.05) is 0 Å². The highest BCUT2D eigenvalue weighted by Crippen LogP contribution is 2.28. The Labute approximate surface area is 112 Å². The summed E-state index contributed by atoms with van der Waals surface area (Å²) in [4.78, 5) is 23.5. The zero-order valence-electron chi connectivity index (χ0n) is 11.8. The summed E-state index contributed by atoms with van der Waals surface area (Å²) in [6.45, 7) is 4.34. The van der Waals surface area contributed by atoms with Crippen molar-refractivity contribution in [1.29, 1.82) is 0 Å². The molecule has 1 aromatic rings. The topological polar surface area (TPSA) is 61.8 Å². The zero-order chi connectivity index (χ0) is 14.6. The van der Waals surface area contributed by atoms with E-state index in [2.05, 4.69) is 0 Å². The number of hydrogen-bond donors (Lipinski definition) is 0. The molecule has 0 aromatic heterocycles. The van der Waals surface area contributed by atoms with Crippen LogP contribution >= 0.6 is 0 Å². The molecule has 1 aromatic carbocycles. The van der Waals surface area contributed by atoms with Crippen molar-refractivity contribution in [1.82, 2.24) is 0 Å². The van der Waals surface area contributed by atoms with Crippen LogP contribution in [-0.2, 0) is 9.53 Å². The first-order valence-corrected chi connectivity index (χ1v) is 5.78. The van der Waals surface area contributed by atoms with Gasteiger partial charge in [0.25, 0.3) is 0 Å². The summed E-state index contributed by atoms with van der Waals surface area (Å²) in [5.74, 6) is 0.0764. The summed E-state index contributed by atoms with van der Waals surface area (Å²) in [5.41, 5.74) is -0.945. The fourth-order valence-electron chi connectivity index (χ4n) is 1.72. The average Bonchev–Trinajstić information content (AvgIpc) is 2.35. The second kappa shape index (κ2) is 5.73. The number of Topliss-reactive ketones (excluding diaryl/α,β-unsaturated/α-hetero) is 1. The van der Waals surface area contributed by atoms with Gasteiger partial charge in [-0.05, 0) is 32.0 Å². The number of ether oxygens (including phenoxy) is 3. The molecule has 0 saturated carbocycles. The first-order chi connectivity index (χ1) is 8.81. The van der Waals surface area contributed by atoms with Crippen molar-refractivity contribution in [2.24, 2.45) is 0 Å². The van der Waals surface area contributed by atoms with Gasteiger partial charge >= 0.3 is 5.97 Å². The molecule has 0 atom stereocenters. The number of methoxy groups -OCH3 is 2. The molecule has 0 aliphatic heterocycles. The second-order valence-electron chi connectivity index (χ2n) is 4.50. The molecule has 5 nitrogen and oxygen atoms in total. The van der Waals surface area contributed by atoms with Crippen molar-refractivity contribution in [3.63, 3.8) is 0 Å². The van der Waals surface area contributed by atoms with Crippen LogP contribution in [-0.4, -0.2) is 31.6 Å². The van der Waals surface area contributed by atoms with E-state index in [0.29, 0.717) is 17.1 Å². The molecule has 0 heterocycles. The van der Waals surface area contributed by atoms with Gasteiger partial charge in [-0.2, -0.15) is 0 Å². The molecule has 1 rings (SSSR count). The van der Waals surface area contributed by atoms with Crippen LogP contribution in [0.4, 0.5) is 0 Å². The summed E-state index contributed by atoms with van der Waals surface area (Å²) in [7, 11) is 2.98. The Balaban J connectivity index is 3.20. The number of carbonyl (C=O) groups is 2. The van der Waals surface area contributed by atoms with Crippen molar-refractivity contribution < 1.29 is 23.8 Å². The predicted molar refractivity (Wildman–Crippen MR) is 69.7 cm³/mol. The normalized spacial score (nSPS) is 10.8. The van der Waals surface area contributed by atoms with Crippen molar-refractivity contribution in [2.45, 2.75) is 26.4 Å². The molecular formula is C14H18O5. The number of ketones is 1. The smallest absolute Gasteiger partial charge is 0.303 e. The maximum atomic E-state index is 12.4. The molecule has 19 heavy (non-hydrogen) atoms. The summed E-state index contributed by atoms with van der Waals surface area (Å²) in [5, 5.41) is 0. The minimum absolute atomic E-state index is 0.313. The van der Waals surface area contributed by atoms with Gasteiger partial charge in [-0.3, -0.25) is 9.59 Å². The molecule has 0 fully saturated rings. The number of rotatable bonds is 5. The van der Waals surface area contributed by atoms with E-state index in [1.54, 1.807) is 18.2 Å². The molecule has 0 spiro atoms. The maximum Gasteiger partial charge on any atom is 0.303 e. The lowest BCUT2D eigenvalue weighted by Gasteiger charge is -2.23. The fourth-order valence-corrected chi connectivity index (χ4v) is 1.72.